The number of nitrogen functional groups attached to an aromatic ring is 1. The molecule has 2 N–H and O–H groups in total. The van der Waals surface area contributed by atoms with Crippen LogP contribution in [0, 0.1) is 5.92 Å². The highest BCUT2D eigenvalue weighted by Gasteiger charge is 2.29. The molecule has 1 aliphatic heterocycles. The molecule has 0 spiro atoms. The van der Waals surface area contributed by atoms with Crippen LogP contribution in [0.4, 0.5) is 5.69 Å². The molecule has 2 fully saturated rings. The van der Waals surface area contributed by atoms with Gasteiger partial charge in [0.1, 0.15) is 0 Å². The first-order chi connectivity index (χ1) is 9.13. The number of rotatable bonds is 3. The maximum atomic E-state index is 12.3. The summed E-state index contributed by atoms with van der Waals surface area (Å²) in [6.45, 7) is 4.70. The summed E-state index contributed by atoms with van der Waals surface area (Å²) in [5, 5.41) is 4.15. The van der Waals surface area contributed by atoms with Crippen molar-refractivity contribution in [3.63, 3.8) is 0 Å². The number of amides is 1. The van der Waals surface area contributed by atoms with E-state index in [1.807, 2.05) is 4.90 Å². The molecule has 0 atom stereocenters. The van der Waals surface area contributed by atoms with Crippen LogP contribution in [0.15, 0.2) is 6.20 Å². The molecule has 1 aromatic heterocycles. The Hall–Kier alpha value is -1.56. The Morgan fingerprint density at radius 2 is 2.05 bits per heavy atom. The van der Waals surface area contributed by atoms with Gasteiger partial charge in [0.25, 0.3) is 5.91 Å². The summed E-state index contributed by atoms with van der Waals surface area (Å²) >= 11 is 0. The van der Waals surface area contributed by atoms with Crippen LogP contribution in [0.25, 0.3) is 0 Å². The van der Waals surface area contributed by atoms with Crippen molar-refractivity contribution in [2.45, 2.75) is 12.8 Å². The van der Waals surface area contributed by atoms with Gasteiger partial charge in [0, 0.05) is 46.0 Å². The zero-order chi connectivity index (χ0) is 13.4. The lowest BCUT2D eigenvalue weighted by Gasteiger charge is -2.34. The maximum absolute atomic E-state index is 12.3. The van der Waals surface area contributed by atoms with E-state index in [4.69, 9.17) is 5.73 Å². The lowest BCUT2D eigenvalue weighted by molar-refractivity contribution is 0.0626. The topological polar surface area (TPSA) is 67.4 Å². The minimum absolute atomic E-state index is 0.0378. The monoisotopic (exact) mass is 263 g/mol. The molecular weight excluding hydrogens is 242 g/mol. The van der Waals surface area contributed by atoms with Crippen LogP contribution in [-0.4, -0.2) is 58.2 Å². The molecule has 6 nitrogen and oxygen atoms in total. The van der Waals surface area contributed by atoms with E-state index in [1.165, 1.54) is 19.4 Å². The Morgan fingerprint density at radius 1 is 1.37 bits per heavy atom. The van der Waals surface area contributed by atoms with E-state index >= 15 is 0 Å². The van der Waals surface area contributed by atoms with E-state index in [-0.39, 0.29) is 5.91 Å². The summed E-state index contributed by atoms with van der Waals surface area (Å²) < 4.78 is 1.59. The van der Waals surface area contributed by atoms with Gasteiger partial charge in [-0.15, -0.1) is 0 Å². The number of aryl methyl sites for hydroxylation is 1. The SMILES string of the molecule is Cn1cc(N)c(C(=O)N2CCN(CC3CC3)CC2)n1. The van der Waals surface area contributed by atoms with E-state index in [1.54, 1.807) is 17.9 Å². The van der Waals surface area contributed by atoms with E-state index in [9.17, 15) is 4.79 Å². The van der Waals surface area contributed by atoms with Gasteiger partial charge in [-0.3, -0.25) is 14.4 Å². The molecule has 1 saturated carbocycles. The Bertz CT molecular complexity index is 471. The number of hydrogen-bond donors (Lipinski definition) is 1. The lowest BCUT2D eigenvalue weighted by atomic mass is 10.2. The van der Waals surface area contributed by atoms with Crippen LogP contribution in [-0.2, 0) is 7.05 Å². The first kappa shape index (κ1) is 12.5. The average Bonchev–Trinajstić information content (AvgIpc) is 3.13. The summed E-state index contributed by atoms with van der Waals surface area (Å²) in [5.74, 6) is 0.873. The zero-order valence-corrected chi connectivity index (χ0v) is 11.4. The van der Waals surface area contributed by atoms with E-state index in [0.717, 1.165) is 32.1 Å². The molecule has 0 aromatic carbocycles. The first-order valence-corrected chi connectivity index (χ1v) is 6.94. The highest BCUT2D eigenvalue weighted by Crippen LogP contribution is 2.30. The Labute approximate surface area is 113 Å². The fourth-order valence-corrected chi connectivity index (χ4v) is 2.62. The lowest BCUT2D eigenvalue weighted by Crippen LogP contribution is -2.49. The summed E-state index contributed by atoms with van der Waals surface area (Å²) in [6.07, 6.45) is 4.43. The third kappa shape index (κ3) is 2.73. The molecule has 2 heterocycles. The Kier molecular flexibility index (Phi) is 3.18. The van der Waals surface area contributed by atoms with Crippen LogP contribution < -0.4 is 5.73 Å². The van der Waals surface area contributed by atoms with E-state index < -0.39 is 0 Å². The second-order valence-electron chi connectivity index (χ2n) is 5.64. The van der Waals surface area contributed by atoms with Crippen molar-refractivity contribution in [1.29, 1.82) is 0 Å². The molecule has 6 heteroatoms. The second-order valence-corrected chi connectivity index (χ2v) is 5.64. The van der Waals surface area contributed by atoms with Crippen LogP contribution in [0.5, 0.6) is 0 Å². The highest BCUT2D eigenvalue weighted by molar-refractivity contribution is 5.97. The number of aromatic nitrogens is 2. The van der Waals surface area contributed by atoms with Crippen molar-refractivity contribution >= 4 is 11.6 Å². The van der Waals surface area contributed by atoms with Gasteiger partial charge >= 0.3 is 0 Å². The van der Waals surface area contributed by atoms with Gasteiger partial charge in [-0.2, -0.15) is 5.10 Å². The molecule has 1 saturated heterocycles. The summed E-state index contributed by atoms with van der Waals surface area (Å²) in [6, 6.07) is 0. The molecule has 0 bridgehead atoms. The number of nitrogens with two attached hydrogens (primary N) is 1. The Morgan fingerprint density at radius 3 is 2.58 bits per heavy atom. The van der Waals surface area contributed by atoms with E-state index in [2.05, 4.69) is 10.00 Å². The largest absolute Gasteiger partial charge is 0.396 e. The third-order valence-corrected chi connectivity index (χ3v) is 3.93. The fourth-order valence-electron chi connectivity index (χ4n) is 2.62. The summed E-state index contributed by atoms with van der Waals surface area (Å²) in [7, 11) is 1.78. The van der Waals surface area contributed by atoms with Crippen LogP contribution in [0.2, 0.25) is 0 Å². The number of hydrogen-bond acceptors (Lipinski definition) is 4. The van der Waals surface area contributed by atoms with Gasteiger partial charge in [-0.1, -0.05) is 0 Å². The van der Waals surface area contributed by atoms with Crippen molar-refractivity contribution < 1.29 is 4.79 Å². The molecule has 19 heavy (non-hydrogen) atoms. The fraction of sp³-hybridized carbons (Fsp3) is 0.692. The molecule has 1 aromatic rings. The van der Waals surface area contributed by atoms with Crippen molar-refractivity contribution in [2.75, 3.05) is 38.5 Å². The van der Waals surface area contributed by atoms with Crippen LogP contribution in [0.3, 0.4) is 0 Å². The Balaban J connectivity index is 1.58. The molecule has 104 valence electrons. The molecule has 0 radical (unpaired) electrons. The molecule has 1 amide bonds. The number of nitrogens with zero attached hydrogens (tertiary/aromatic N) is 4. The highest BCUT2D eigenvalue weighted by atomic mass is 16.2. The number of carbonyl (C=O) groups is 1. The third-order valence-electron chi connectivity index (χ3n) is 3.93. The smallest absolute Gasteiger partial charge is 0.276 e. The number of carbonyl (C=O) groups excluding carboxylic acids is 1. The number of piperazine rings is 1. The summed E-state index contributed by atoms with van der Waals surface area (Å²) in [4.78, 5) is 16.7. The normalized spacial score (nSPS) is 20.8. The molecule has 0 unspecified atom stereocenters. The van der Waals surface area contributed by atoms with Crippen LogP contribution in [0.1, 0.15) is 23.3 Å². The van der Waals surface area contributed by atoms with E-state index in [0.29, 0.717) is 11.4 Å². The van der Waals surface area contributed by atoms with Crippen molar-refractivity contribution in [3.05, 3.63) is 11.9 Å². The van der Waals surface area contributed by atoms with Gasteiger partial charge in [0.05, 0.1) is 5.69 Å². The molecule has 1 aliphatic carbocycles. The van der Waals surface area contributed by atoms with Gasteiger partial charge in [0.15, 0.2) is 5.69 Å². The second kappa shape index (κ2) is 4.85. The predicted molar refractivity (Wildman–Crippen MR) is 72.7 cm³/mol. The van der Waals surface area contributed by atoms with Gasteiger partial charge in [-0.05, 0) is 18.8 Å². The standard InChI is InChI=1S/C13H21N5O/c1-16-9-11(14)12(15-16)13(19)18-6-4-17(5-7-18)8-10-2-3-10/h9-10H,2-8,14H2,1H3. The minimum atomic E-state index is -0.0378. The average molecular weight is 263 g/mol. The number of anilines is 1. The minimum Gasteiger partial charge on any atom is -0.396 e. The van der Waals surface area contributed by atoms with Crippen LogP contribution >= 0.6 is 0 Å². The summed E-state index contributed by atoms with van der Waals surface area (Å²) in [5.41, 5.74) is 6.66. The molecule has 3 rings (SSSR count). The zero-order valence-electron chi connectivity index (χ0n) is 11.4. The van der Waals surface area contributed by atoms with Crippen molar-refractivity contribution in [1.82, 2.24) is 19.6 Å². The van der Waals surface area contributed by atoms with Gasteiger partial charge in [0.2, 0.25) is 0 Å². The maximum Gasteiger partial charge on any atom is 0.276 e. The quantitative estimate of drug-likeness (QED) is 0.844. The van der Waals surface area contributed by atoms with Crippen molar-refractivity contribution in [2.24, 2.45) is 13.0 Å². The van der Waals surface area contributed by atoms with Crippen molar-refractivity contribution in [3.8, 4) is 0 Å². The van der Waals surface area contributed by atoms with Gasteiger partial charge < -0.3 is 10.6 Å². The molecule has 2 aliphatic rings. The molecular formula is C13H21N5O. The van der Waals surface area contributed by atoms with Gasteiger partial charge in [-0.25, -0.2) is 0 Å². The first-order valence-electron chi connectivity index (χ1n) is 6.94. The predicted octanol–water partition coefficient (Wildman–Crippen LogP) is 0.170.